The lowest BCUT2D eigenvalue weighted by Crippen LogP contribution is -2.46. The molecular formula is C22H28IN7O. The Labute approximate surface area is 199 Å². The van der Waals surface area contributed by atoms with Crippen molar-refractivity contribution in [2.24, 2.45) is 4.99 Å². The molecule has 0 amide bonds. The van der Waals surface area contributed by atoms with Gasteiger partial charge >= 0.3 is 0 Å². The summed E-state index contributed by atoms with van der Waals surface area (Å²) in [4.78, 5) is 13.3. The van der Waals surface area contributed by atoms with Gasteiger partial charge < -0.3 is 15.4 Å². The Morgan fingerprint density at radius 2 is 2.16 bits per heavy atom. The van der Waals surface area contributed by atoms with E-state index in [1.807, 2.05) is 29.1 Å². The van der Waals surface area contributed by atoms with E-state index in [-0.39, 0.29) is 30.0 Å². The lowest BCUT2D eigenvalue weighted by Gasteiger charge is -2.25. The lowest BCUT2D eigenvalue weighted by atomic mass is 10.1. The maximum absolute atomic E-state index is 5.14. The summed E-state index contributed by atoms with van der Waals surface area (Å²) in [7, 11) is 3.45. The summed E-state index contributed by atoms with van der Waals surface area (Å²) >= 11 is 0. The van der Waals surface area contributed by atoms with Gasteiger partial charge in [0.25, 0.3) is 0 Å². The van der Waals surface area contributed by atoms with Crippen LogP contribution in [0.1, 0.15) is 23.6 Å². The van der Waals surface area contributed by atoms with Gasteiger partial charge in [0, 0.05) is 44.9 Å². The number of hydrogen-bond acceptors (Lipinski definition) is 5. The van der Waals surface area contributed by atoms with Gasteiger partial charge in [-0.2, -0.15) is 5.10 Å². The van der Waals surface area contributed by atoms with Crippen molar-refractivity contribution in [2.45, 2.75) is 38.6 Å². The number of fused-ring (bicyclic) bond motifs is 1. The Morgan fingerprint density at radius 3 is 2.94 bits per heavy atom. The molecule has 8 nitrogen and oxygen atoms in total. The first kappa shape index (κ1) is 23.1. The Balaban J connectivity index is 0.00000272. The SMILES string of the molecule is CN=C(NCc1cccc(-c2ccccn2)c1)NC1CCc2nc(COC)nn2C1.I. The number of hydrogen-bond donors (Lipinski definition) is 2. The topological polar surface area (TPSA) is 89.2 Å². The molecule has 9 heteroatoms. The number of halogens is 1. The third-order valence-corrected chi connectivity index (χ3v) is 5.09. The van der Waals surface area contributed by atoms with Gasteiger partial charge in [-0.25, -0.2) is 9.67 Å². The first-order valence-corrected chi connectivity index (χ1v) is 10.1. The monoisotopic (exact) mass is 533 g/mol. The molecule has 0 radical (unpaired) electrons. The normalized spacial score (nSPS) is 15.7. The van der Waals surface area contributed by atoms with Gasteiger partial charge in [-0.15, -0.1) is 24.0 Å². The van der Waals surface area contributed by atoms with Crippen molar-refractivity contribution in [1.29, 1.82) is 0 Å². The molecule has 3 aromatic rings. The molecule has 31 heavy (non-hydrogen) atoms. The summed E-state index contributed by atoms with van der Waals surface area (Å²) in [6.07, 6.45) is 3.69. The molecule has 1 aliphatic heterocycles. The zero-order valence-corrected chi connectivity index (χ0v) is 20.1. The van der Waals surface area contributed by atoms with Crippen LogP contribution in [0.3, 0.4) is 0 Å². The second-order valence-electron chi connectivity index (χ2n) is 7.28. The smallest absolute Gasteiger partial charge is 0.191 e. The quantitative estimate of drug-likeness (QED) is 0.288. The van der Waals surface area contributed by atoms with Crippen LogP contribution in [0, 0.1) is 0 Å². The number of aromatic nitrogens is 4. The van der Waals surface area contributed by atoms with E-state index in [9.17, 15) is 0 Å². The van der Waals surface area contributed by atoms with Crippen LogP contribution in [-0.4, -0.2) is 45.9 Å². The Hall–Kier alpha value is -2.53. The maximum Gasteiger partial charge on any atom is 0.191 e. The minimum Gasteiger partial charge on any atom is -0.377 e. The summed E-state index contributed by atoms with van der Waals surface area (Å²) in [5.74, 6) is 2.54. The molecule has 1 unspecified atom stereocenters. The van der Waals surface area contributed by atoms with Crippen molar-refractivity contribution in [3.8, 4) is 11.3 Å². The molecule has 1 aliphatic rings. The van der Waals surface area contributed by atoms with Crippen molar-refractivity contribution >= 4 is 29.9 Å². The molecule has 1 aromatic carbocycles. The van der Waals surface area contributed by atoms with Crippen molar-refractivity contribution in [3.05, 3.63) is 65.9 Å². The second-order valence-corrected chi connectivity index (χ2v) is 7.28. The molecule has 3 heterocycles. The lowest BCUT2D eigenvalue weighted by molar-refractivity contribution is 0.177. The van der Waals surface area contributed by atoms with Crippen molar-refractivity contribution in [2.75, 3.05) is 14.2 Å². The second kappa shape index (κ2) is 11.2. The molecule has 0 fully saturated rings. The van der Waals surface area contributed by atoms with E-state index in [4.69, 9.17) is 4.74 Å². The molecule has 0 spiro atoms. The predicted octanol–water partition coefficient (Wildman–Crippen LogP) is 2.78. The van der Waals surface area contributed by atoms with Crippen molar-refractivity contribution in [1.82, 2.24) is 30.4 Å². The zero-order valence-electron chi connectivity index (χ0n) is 17.8. The highest BCUT2D eigenvalue weighted by Crippen LogP contribution is 2.18. The Morgan fingerprint density at radius 1 is 1.26 bits per heavy atom. The molecule has 0 saturated carbocycles. The third-order valence-electron chi connectivity index (χ3n) is 5.09. The molecule has 2 N–H and O–H groups in total. The summed E-state index contributed by atoms with van der Waals surface area (Å²) in [5, 5.41) is 11.5. The number of nitrogens with zero attached hydrogens (tertiary/aromatic N) is 5. The molecule has 2 aromatic heterocycles. The van der Waals surface area contributed by atoms with Gasteiger partial charge in [-0.3, -0.25) is 9.98 Å². The standard InChI is InChI=1S/C22H27N7O.HI/c1-23-22(26-18-9-10-21-27-20(15-30-2)28-29(21)14-18)25-13-16-6-5-7-17(12-16)19-8-3-4-11-24-19;/h3-8,11-12,18H,9-10,13-15H2,1-2H3,(H2,23,25,26);1H. The van der Waals surface area contributed by atoms with Gasteiger partial charge in [-0.05, 0) is 30.2 Å². The average Bonchev–Trinajstić information content (AvgIpc) is 3.19. The summed E-state index contributed by atoms with van der Waals surface area (Å²) in [6, 6.07) is 14.6. The van der Waals surface area contributed by atoms with E-state index in [1.165, 1.54) is 5.56 Å². The molecule has 1 atom stereocenters. The molecule has 0 aliphatic carbocycles. The van der Waals surface area contributed by atoms with Crippen LogP contribution in [0.4, 0.5) is 0 Å². The van der Waals surface area contributed by atoms with Crippen LogP contribution in [0.25, 0.3) is 11.3 Å². The fourth-order valence-corrected chi connectivity index (χ4v) is 3.62. The number of guanidine groups is 1. The van der Waals surface area contributed by atoms with E-state index < -0.39 is 0 Å². The fourth-order valence-electron chi connectivity index (χ4n) is 3.62. The van der Waals surface area contributed by atoms with E-state index in [1.54, 1.807) is 14.2 Å². The average molecular weight is 533 g/mol. The van der Waals surface area contributed by atoms with E-state index in [0.717, 1.165) is 48.3 Å². The largest absolute Gasteiger partial charge is 0.377 e. The Bertz CT molecular complexity index is 1010. The fraction of sp³-hybridized carbons (Fsp3) is 0.364. The van der Waals surface area contributed by atoms with Crippen LogP contribution < -0.4 is 10.6 Å². The van der Waals surface area contributed by atoms with E-state index in [0.29, 0.717) is 13.2 Å². The highest BCUT2D eigenvalue weighted by Gasteiger charge is 2.22. The summed E-state index contributed by atoms with van der Waals surface area (Å²) in [5.41, 5.74) is 3.25. The number of aliphatic imine (C=N–C) groups is 1. The molecular weight excluding hydrogens is 505 g/mol. The van der Waals surface area contributed by atoms with Crippen LogP contribution in [0.15, 0.2) is 53.7 Å². The number of nitrogens with one attached hydrogen (secondary N) is 2. The molecule has 164 valence electrons. The minimum absolute atomic E-state index is 0. The van der Waals surface area contributed by atoms with Crippen molar-refractivity contribution < 1.29 is 4.74 Å². The number of benzene rings is 1. The third kappa shape index (κ3) is 6.01. The molecule has 0 saturated heterocycles. The predicted molar refractivity (Wildman–Crippen MR) is 131 cm³/mol. The maximum atomic E-state index is 5.14. The molecule has 4 rings (SSSR count). The molecule has 0 bridgehead atoms. The number of ether oxygens (including phenoxy) is 1. The van der Waals surface area contributed by atoms with E-state index >= 15 is 0 Å². The van der Waals surface area contributed by atoms with Crippen molar-refractivity contribution in [3.63, 3.8) is 0 Å². The van der Waals surface area contributed by atoms with Crippen LogP contribution in [-0.2, 0) is 30.9 Å². The van der Waals surface area contributed by atoms with Gasteiger partial charge in [-0.1, -0.05) is 24.3 Å². The van der Waals surface area contributed by atoms with E-state index in [2.05, 4.69) is 55.0 Å². The van der Waals surface area contributed by atoms with Gasteiger partial charge in [0.15, 0.2) is 11.8 Å². The summed E-state index contributed by atoms with van der Waals surface area (Å²) < 4.78 is 7.11. The van der Waals surface area contributed by atoms with Crippen LogP contribution in [0.5, 0.6) is 0 Å². The zero-order chi connectivity index (χ0) is 20.8. The van der Waals surface area contributed by atoms with Gasteiger partial charge in [0.05, 0.1) is 12.2 Å². The summed E-state index contributed by atoms with van der Waals surface area (Å²) in [6.45, 7) is 1.89. The number of rotatable bonds is 6. The first-order valence-electron chi connectivity index (χ1n) is 10.1. The minimum atomic E-state index is 0. The first-order chi connectivity index (χ1) is 14.7. The number of pyridine rings is 1. The Kier molecular flexibility index (Phi) is 8.35. The highest BCUT2D eigenvalue weighted by molar-refractivity contribution is 14.0. The number of methoxy groups -OCH3 is 1. The van der Waals surface area contributed by atoms with Gasteiger partial charge in [0.1, 0.15) is 12.4 Å². The van der Waals surface area contributed by atoms with Crippen LogP contribution >= 0.6 is 24.0 Å². The number of aryl methyl sites for hydroxylation is 1. The highest BCUT2D eigenvalue weighted by atomic mass is 127. The van der Waals surface area contributed by atoms with Gasteiger partial charge in [0.2, 0.25) is 0 Å². The van der Waals surface area contributed by atoms with Crippen LogP contribution in [0.2, 0.25) is 0 Å².